The van der Waals surface area contributed by atoms with Crippen molar-refractivity contribution in [3.8, 4) is 5.75 Å². The Hall–Kier alpha value is -1.81. The Bertz CT molecular complexity index is 573. The molecular weight excluding hydrogens is 262 g/mol. The zero-order valence-corrected chi connectivity index (χ0v) is 13.4. The molecule has 0 aliphatic rings. The van der Waals surface area contributed by atoms with Crippen molar-refractivity contribution in [3.05, 3.63) is 47.3 Å². The van der Waals surface area contributed by atoms with E-state index in [2.05, 4.69) is 42.5 Å². The van der Waals surface area contributed by atoms with Crippen LogP contribution in [-0.4, -0.2) is 16.8 Å². The fourth-order valence-corrected chi connectivity index (χ4v) is 2.51. The van der Waals surface area contributed by atoms with Crippen LogP contribution in [0.25, 0.3) is 0 Å². The van der Waals surface area contributed by atoms with Gasteiger partial charge < -0.3 is 10.1 Å². The zero-order valence-electron chi connectivity index (χ0n) is 13.4. The summed E-state index contributed by atoms with van der Waals surface area (Å²) in [5, 5.41) is 7.79. The summed E-state index contributed by atoms with van der Waals surface area (Å²) in [6.45, 7) is 4.83. The molecule has 0 amide bonds. The molecule has 0 radical (unpaired) electrons. The number of benzene rings is 1. The SMILES string of the molecule is CCc1cc(COc2ccccc2C(CC)NC)n(C)n1. The summed E-state index contributed by atoms with van der Waals surface area (Å²) in [6, 6.07) is 10.7. The van der Waals surface area contributed by atoms with Gasteiger partial charge in [0.25, 0.3) is 0 Å². The molecule has 4 heteroatoms. The topological polar surface area (TPSA) is 39.1 Å². The van der Waals surface area contributed by atoms with Gasteiger partial charge in [-0.2, -0.15) is 5.10 Å². The van der Waals surface area contributed by atoms with Crippen molar-refractivity contribution in [2.75, 3.05) is 7.05 Å². The monoisotopic (exact) mass is 287 g/mol. The van der Waals surface area contributed by atoms with Crippen molar-refractivity contribution < 1.29 is 4.74 Å². The van der Waals surface area contributed by atoms with Crippen LogP contribution in [0, 0.1) is 0 Å². The first-order valence-corrected chi connectivity index (χ1v) is 7.60. The molecule has 21 heavy (non-hydrogen) atoms. The fraction of sp³-hybridized carbons (Fsp3) is 0.471. The summed E-state index contributed by atoms with van der Waals surface area (Å²) < 4.78 is 7.95. The second kappa shape index (κ2) is 7.27. The molecule has 114 valence electrons. The molecule has 1 atom stereocenters. The minimum atomic E-state index is 0.318. The molecule has 1 N–H and O–H groups in total. The van der Waals surface area contributed by atoms with E-state index in [0.717, 1.165) is 30.0 Å². The van der Waals surface area contributed by atoms with Gasteiger partial charge in [0.15, 0.2) is 0 Å². The number of nitrogens with one attached hydrogen (secondary N) is 1. The molecule has 0 spiro atoms. The molecule has 0 bridgehead atoms. The van der Waals surface area contributed by atoms with E-state index in [1.807, 2.05) is 30.9 Å². The number of rotatable bonds is 7. The number of para-hydroxylation sites is 1. The van der Waals surface area contributed by atoms with Crippen LogP contribution < -0.4 is 10.1 Å². The molecular formula is C17H25N3O. The van der Waals surface area contributed by atoms with E-state index in [-0.39, 0.29) is 0 Å². The predicted molar refractivity (Wildman–Crippen MR) is 85.5 cm³/mol. The predicted octanol–water partition coefficient (Wildman–Crippen LogP) is 3.23. The van der Waals surface area contributed by atoms with Gasteiger partial charge in [-0.15, -0.1) is 0 Å². The van der Waals surface area contributed by atoms with Gasteiger partial charge in [0.1, 0.15) is 12.4 Å². The maximum atomic E-state index is 6.05. The van der Waals surface area contributed by atoms with Gasteiger partial charge in [-0.3, -0.25) is 4.68 Å². The lowest BCUT2D eigenvalue weighted by Crippen LogP contribution is -2.16. The first-order valence-electron chi connectivity index (χ1n) is 7.60. The van der Waals surface area contributed by atoms with Gasteiger partial charge in [-0.25, -0.2) is 0 Å². The molecule has 1 heterocycles. The van der Waals surface area contributed by atoms with Crippen molar-refractivity contribution in [2.24, 2.45) is 7.05 Å². The summed E-state index contributed by atoms with van der Waals surface area (Å²) in [5.74, 6) is 0.943. The van der Waals surface area contributed by atoms with Gasteiger partial charge in [0, 0.05) is 18.7 Å². The average Bonchev–Trinajstić information content (AvgIpc) is 2.88. The van der Waals surface area contributed by atoms with Gasteiger partial charge in [-0.1, -0.05) is 32.0 Å². The molecule has 1 unspecified atom stereocenters. The van der Waals surface area contributed by atoms with Gasteiger partial charge in [-0.05, 0) is 32.0 Å². The quantitative estimate of drug-likeness (QED) is 0.849. The van der Waals surface area contributed by atoms with E-state index in [4.69, 9.17) is 4.74 Å². The number of aromatic nitrogens is 2. The molecule has 0 fully saturated rings. The van der Waals surface area contributed by atoms with Crippen molar-refractivity contribution >= 4 is 0 Å². The number of hydrogen-bond acceptors (Lipinski definition) is 3. The average molecular weight is 287 g/mol. The Kier molecular flexibility index (Phi) is 5.39. The highest BCUT2D eigenvalue weighted by Gasteiger charge is 2.13. The molecule has 1 aromatic heterocycles. The first-order chi connectivity index (χ1) is 10.2. The van der Waals surface area contributed by atoms with E-state index in [1.54, 1.807) is 0 Å². The third-order valence-electron chi connectivity index (χ3n) is 3.82. The normalized spacial score (nSPS) is 12.4. The van der Waals surface area contributed by atoms with Crippen LogP contribution >= 0.6 is 0 Å². The van der Waals surface area contributed by atoms with Crippen LogP contribution in [0.5, 0.6) is 5.75 Å². The second-order valence-corrected chi connectivity index (χ2v) is 5.18. The second-order valence-electron chi connectivity index (χ2n) is 5.18. The number of aryl methyl sites for hydroxylation is 2. The lowest BCUT2D eigenvalue weighted by atomic mass is 10.0. The van der Waals surface area contributed by atoms with Crippen molar-refractivity contribution in [1.82, 2.24) is 15.1 Å². The molecule has 2 aromatic rings. The van der Waals surface area contributed by atoms with Crippen molar-refractivity contribution in [2.45, 2.75) is 39.3 Å². The summed E-state index contributed by atoms with van der Waals surface area (Å²) in [5.41, 5.74) is 3.41. The highest BCUT2D eigenvalue weighted by Crippen LogP contribution is 2.27. The maximum Gasteiger partial charge on any atom is 0.130 e. The van der Waals surface area contributed by atoms with E-state index < -0.39 is 0 Å². The lowest BCUT2D eigenvalue weighted by molar-refractivity contribution is 0.288. The Morgan fingerprint density at radius 2 is 2.05 bits per heavy atom. The molecule has 1 aromatic carbocycles. The van der Waals surface area contributed by atoms with Crippen molar-refractivity contribution in [3.63, 3.8) is 0 Å². The van der Waals surface area contributed by atoms with Crippen LogP contribution in [0.1, 0.15) is 43.3 Å². The van der Waals surface area contributed by atoms with E-state index >= 15 is 0 Å². The summed E-state index contributed by atoms with van der Waals surface area (Å²) in [4.78, 5) is 0. The van der Waals surface area contributed by atoms with Crippen LogP contribution in [0.15, 0.2) is 30.3 Å². The van der Waals surface area contributed by atoms with Crippen LogP contribution in [0.3, 0.4) is 0 Å². The maximum absolute atomic E-state index is 6.05. The smallest absolute Gasteiger partial charge is 0.130 e. The third-order valence-corrected chi connectivity index (χ3v) is 3.82. The largest absolute Gasteiger partial charge is 0.487 e. The Morgan fingerprint density at radius 3 is 2.67 bits per heavy atom. The van der Waals surface area contributed by atoms with Gasteiger partial charge in [0.05, 0.1) is 11.4 Å². The Morgan fingerprint density at radius 1 is 1.29 bits per heavy atom. The fourth-order valence-electron chi connectivity index (χ4n) is 2.51. The lowest BCUT2D eigenvalue weighted by Gasteiger charge is -2.18. The number of hydrogen-bond donors (Lipinski definition) is 1. The van der Waals surface area contributed by atoms with E-state index in [1.165, 1.54) is 5.56 Å². The minimum Gasteiger partial charge on any atom is -0.487 e. The van der Waals surface area contributed by atoms with Crippen LogP contribution in [0.4, 0.5) is 0 Å². The van der Waals surface area contributed by atoms with Crippen molar-refractivity contribution in [1.29, 1.82) is 0 Å². The third kappa shape index (κ3) is 3.64. The molecule has 0 aliphatic carbocycles. The number of ether oxygens (including phenoxy) is 1. The summed E-state index contributed by atoms with van der Waals surface area (Å²) in [7, 11) is 3.95. The van der Waals surface area contributed by atoms with Gasteiger partial charge in [0.2, 0.25) is 0 Å². The molecule has 0 saturated carbocycles. The Balaban J connectivity index is 2.14. The Labute approximate surface area is 127 Å². The highest BCUT2D eigenvalue weighted by atomic mass is 16.5. The highest BCUT2D eigenvalue weighted by molar-refractivity contribution is 5.36. The molecule has 4 nitrogen and oxygen atoms in total. The summed E-state index contributed by atoms with van der Waals surface area (Å²) in [6.07, 6.45) is 1.98. The molecule has 0 saturated heterocycles. The van der Waals surface area contributed by atoms with Crippen LogP contribution in [0.2, 0.25) is 0 Å². The standard InChI is InChI=1S/C17H25N3O/c1-5-13-11-14(20(4)19-13)12-21-17-10-8-7-9-15(17)16(6-2)18-3/h7-11,16,18H,5-6,12H2,1-4H3. The molecule has 2 rings (SSSR count). The van der Waals surface area contributed by atoms with Gasteiger partial charge >= 0.3 is 0 Å². The zero-order chi connectivity index (χ0) is 15.2. The van der Waals surface area contributed by atoms with Crippen LogP contribution in [-0.2, 0) is 20.1 Å². The first kappa shape index (κ1) is 15.6. The summed E-state index contributed by atoms with van der Waals surface area (Å²) >= 11 is 0. The van der Waals surface area contributed by atoms with E-state index in [9.17, 15) is 0 Å². The number of nitrogens with zero attached hydrogens (tertiary/aromatic N) is 2. The minimum absolute atomic E-state index is 0.318. The van der Waals surface area contributed by atoms with E-state index in [0.29, 0.717) is 12.6 Å². The molecule has 0 aliphatic heterocycles.